The van der Waals surface area contributed by atoms with Gasteiger partial charge >= 0.3 is 5.97 Å². The first-order valence-electron chi connectivity index (χ1n) is 7.63. The van der Waals surface area contributed by atoms with Gasteiger partial charge in [0.25, 0.3) is 10.0 Å². The number of benzene rings is 2. The van der Waals surface area contributed by atoms with Crippen molar-refractivity contribution in [3.8, 4) is 0 Å². The predicted octanol–water partition coefficient (Wildman–Crippen LogP) is 2.32. The predicted molar refractivity (Wildman–Crippen MR) is 94.6 cm³/mol. The largest absolute Gasteiger partial charge is 0.465 e. The van der Waals surface area contributed by atoms with Gasteiger partial charge in [0, 0.05) is 5.39 Å². The molecule has 0 bridgehead atoms. The third kappa shape index (κ3) is 3.45. The number of hydrogen-bond donors (Lipinski definition) is 1. The van der Waals surface area contributed by atoms with Gasteiger partial charge in [-0.15, -0.1) is 0 Å². The summed E-state index contributed by atoms with van der Waals surface area (Å²) in [4.78, 5) is 14.2. The minimum absolute atomic E-state index is 0.0119. The zero-order valence-electron chi connectivity index (χ0n) is 14.1. The van der Waals surface area contributed by atoms with Crippen molar-refractivity contribution in [3.63, 3.8) is 0 Å². The van der Waals surface area contributed by atoms with Crippen molar-refractivity contribution in [2.45, 2.75) is 11.8 Å². The van der Waals surface area contributed by atoms with Crippen LogP contribution in [0.2, 0.25) is 0 Å². The molecule has 1 heterocycles. The van der Waals surface area contributed by atoms with Gasteiger partial charge in [-0.2, -0.15) is 18.4 Å². The minimum Gasteiger partial charge on any atom is -0.465 e. The summed E-state index contributed by atoms with van der Waals surface area (Å²) in [6.07, 6.45) is 1.19. The Morgan fingerprint density at radius 1 is 1.12 bits per heavy atom. The standard InChI is InChI=1S/C18H16N2O5S/c1-12-7-9-13(10-8-12)26(22,23)20-19-17-14-5-3-4-6-16(14)25-11-15(17)18(21)24-2/h3-11,20H,1-2H3/b19-17+. The van der Waals surface area contributed by atoms with Crippen LogP contribution in [0.3, 0.4) is 0 Å². The van der Waals surface area contributed by atoms with E-state index in [-0.39, 0.29) is 15.8 Å². The van der Waals surface area contributed by atoms with Crippen LogP contribution in [0.5, 0.6) is 0 Å². The van der Waals surface area contributed by atoms with Crippen molar-refractivity contribution in [2.75, 3.05) is 7.11 Å². The fraction of sp³-hybridized carbons (Fsp3) is 0.111. The van der Waals surface area contributed by atoms with Crippen molar-refractivity contribution in [3.05, 3.63) is 71.3 Å². The Labute approximate surface area is 150 Å². The van der Waals surface area contributed by atoms with Crippen LogP contribution in [0.4, 0.5) is 0 Å². The highest BCUT2D eigenvalue weighted by atomic mass is 32.2. The Morgan fingerprint density at radius 2 is 1.81 bits per heavy atom. The molecule has 0 spiro atoms. The first kappa shape index (κ1) is 17.7. The van der Waals surface area contributed by atoms with Gasteiger partial charge in [-0.1, -0.05) is 29.8 Å². The number of nitrogens with zero attached hydrogens (tertiary/aromatic N) is 1. The summed E-state index contributed by atoms with van der Waals surface area (Å²) in [5, 5.41) is 4.57. The second-order valence-electron chi connectivity index (χ2n) is 5.51. The normalized spacial score (nSPS) is 12.2. The van der Waals surface area contributed by atoms with Crippen molar-refractivity contribution < 1.29 is 22.4 Å². The van der Waals surface area contributed by atoms with E-state index >= 15 is 0 Å². The Hall–Kier alpha value is -3.13. The molecular weight excluding hydrogens is 356 g/mol. The van der Waals surface area contributed by atoms with E-state index in [1.165, 1.54) is 25.5 Å². The summed E-state index contributed by atoms with van der Waals surface area (Å²) < 4.78 is 35.0. The quantitative estimate of drug-likeness (QED) is 0.560. The maximum Gasteiger partial charge on any atom is 0.343 e. The molecule has 1 aromatic heterocycles. The lowest BCUT2D eigenvalue weighted by Crippen LogP contribution is -2.25. The Balaban J connectivity index is 2.14. The van der Waals surface area contributed by atoms with Crippen molar-refractivity contribution in [1.29, 1.82) is 0 Å². The van der Waals surface area contributed by atoms with Gasteiger partial charge < -0.3 is 9.15 Å². The highest BCUT2D eigenvalue weighted by Gasteiger charge is 2.16. The summed E-state index contributed by atoms with van der Waals surface area (Å²) in [5.74, 6) is -0.687. The topological polar surface area (TPSA) is 98.0 Å². The third-order valence-electron chi connectivity index (χ3n) is 3.72. The molecule has 26 heavy (non-hydrogen) atoms. The Morgan fingerprint density at radius 3 is 2.50 bits per heavy atom. The summed E-state index contributed by atoms with van der Waals surface area (Å²) in [7, 11) is -2.67. The first-order chi connectivity index (χ1) is 12.4. The molecule has 7 nitrogen and oxygen atoms in total. The molecule has 0 fully saturated rings. The molecule has 0 saturated heterocycles. The second-order valence-corrected chi connectivity index (χ2v) is 7.17. The van der Waals surface area contributed by atoms with Gasteiger partial charge in [0.15, 0.2) is 0 Å². The number of carbonyl (C=O) groups excluding carboxylic acids is 1. The average molecular weight is 372 g/mol. The van der Waals surface area contributed by atoms with E-state index in [2.05, 4.69) is 9.93 Å². The molecular formula is C18H16N2O5S. The number of nitrogens with one attached hydrogen (secondary N) is 1. The monoisotopic (exact) mass is 372 g/mol. The molecule has 0 amide bonds. The molecule has 0 unspecified atom stereocenters. The maximum atomic E-state index is 12.5. The van der Waals surface area contributed by atoms with Gasteiger partial charge in [0.05, 0.1) is 12.0 Å². The smallest absolute Gasteiger partial charge is 0.343 e. The summed E-state index contributed by atoms with van der Waals surface area (Å²) >= 11 is 0. The van der Waals surface area contributed by atoms with E-state index in [0.29, 0.717) is 11.0 Å². The molecule has 0 aliphatic carbocycles. The second kappa shape index (κ2) is 7.01. The van der Waals surface area contributed by atoms with E-state index in [0.717, 1.165) is 5.56 Å². The summed E-state index contributed by atoms with van der Waals surface area (Å²) in [6.45, 7) is 1.86. The van der Waals surface area contributed by atoms with Crippen LogP contribution in [-0.2, 0) is 14.8 Å². The van der Waals surface area contributed by atoms with Crippen molar-refractivity contribution >= 4 is 27.0 Å². The van der Waals surface area contributed by atoms with Crippen LogP contribution in [0, 0.1) is 6.92 Å². The van der Waals surface area contributed by atoms with Crippen LogP contribution < -0.4 is 10.2 Å². The van der Waals surface area contributed by atoms with Crippen molar-refractivity contribution in [2.24, 2.45) is 5.10 Å². The van der Waals surface area contributed by atoms with Crippen molar-refractivity contribution in [1.82, 2.24) is 4.83 Å². The number of methoxy groups -OCH3 is 1. The van der Waals surface area contributed by atoms with Gasteiger partial charge in [-0.25, -0.2) is 4.79 Å². The van der Waals surface area contributed by atoms with Gasteiger partial charge in [0.1, 0.15) is 22.8 Å². The molecule has 0 atom stereocenters. The molecule has 2 aromatic carbocycles. The Bertz CT molecular complexity index is 1130. The zero-order chi connectivity index (χ0) is 18.7. The highest BCUT2D eigenvalue weighted by Crippen LogP contribution is 2.12. The number of rotatable bonds is 4. The number of esters is 1. The lowest BCUT2D eigenvalue weighted by Gasteiger charge is -2.06. The maximum absolute atomic E-state index is 12.5. The van der Waals surface area contributed by atoms with Gasteiger partial charge in [-0.3, -0.25) is 0 Å². The van der Waals surface area contributed by atoms with E-state index in [9.17, 15) is 13.2 Å². The number of ether oxygens (including phenoxy) is 1. The Kier molecular flexibility index (Phi) is 4.77. The summed E-state index contributed by atoms with van der Waals surface area (Å²) in [5.41, 5.74) is 1.40. The number of aryl methyl sites for hydroxylation is 1. The number of hydrogen-bond acceptors (Lipinski definition) is 6. The van der Waals surface area contributed by atoms with Gasteiger partial charge in [0.2, 0.25) is 0 Å². The lowest BCUT2D eigenvalue weighted by molar-refractivity contribution is 0.0596. The molecule has 0 radical (unpaired) electrons. The van der Waals surface area contributed by atoms with Crippen LogP contribution in [-0.4, -0.2) is 21.5 Å². The summed E-state index contributed by atoms with van der Waals surface area (Å²) in [6, 6.07) is 13.2. The van der Waals surface area contributed by atoms with Crippen LogP contribution in [0.1, 0.15) is 15.9 Å². The number of sulfonamides is 1. The SMILES string of the molecule is COC(=O)c1coc2ccccc2/c1=N\NS(=O)(=O)c1ccc(C)cc1. The number of carbonyl (C=O) groups is 1. The van der Waals surface area contributed by atoms with E-state index in [1.807, 2.05) is 6.92 Å². The molecule has 8 heteroatoms. The average Bonchev–Trinajstić information content (AvgIpc) is 2.65. The van der Waals surface area contributed by atoms with Crippen LogP contribution >= 0.6 is 0 Å². The fourth-order valence-corrected chi connectivity index (χ4v) is 3.15. The first-order valence-corrected chi connectivity index (χ1v) is 9.12. The third-order valence-corrected chi connectivity index (χ3v) is 4.94. The molecule has 0 saturated carbocycles. The minimum atomic E-state index is -3.89. The molecule has 0 aliphatic rings. The fourth-order valence-electron chi connectivity index (χ4n) is 2.34. The lowest BCUT2D eigenvalue weighted by atomic mass is 10.1. The van der Waals surface area contributed by atoms with Gasteiger partial charge in [-0.05, 0) is 31.2 Å². The number of para-hydroxylation sites is 1. The molecule has 3 rings (SSSR count). The zero-order valence-corrected chi connectivity index (χ0v) is 14.9. The molecule has 3 aromatic rings. The highest BCUT2D eigenvalue weighted by molar-refractivity contribution is 7.89. The number of fused-ring (bicyclic) bond motifs is 1. The van der Waals surface area contributed by atoms with E-state index in [1.54, 1.807) is 36.4 Å². The molecule has 1 N–H and O–H groups in total. The van der Waals surface area contributed by atoms with E-state index < -0.39 is 16.0 Å². The van der Waals surface area contributed by atoms with Crippen LogP contribution in [0.15, 0.2) is 69.2 Å². The molecule has 134 valence electrons. The van der Waals surface area contributed by atoms with E-state index in [4.69, 9.17) is 9.15 Å². The van der Waals surface area contributed by atoms with Crippen LogP contribution in [0.25, 0.3) is 11.0 Å². The molecule has 0 aliphatic heterocycles.